The molecule has 0 saturated carbocycles. The van der Waals surface area contributed by atoms with Crippen molar-refractivity contribution in [3.63, 3.8) is 0 Å². The summed E-state index contributed by atoms with van der Waals surface area (Å²) in [7, 11) is 0. The maximum Gasteiger partial charge on any atom is 0.307 e. The lowest BCUT2D eigenvalue weighted by Gasteiger charge is -2.13. The molecular weight excluding hydrogens is 232 g/mol. The Labute approximate surface area is 97.8 Å². The van der Waals surface area contributed by atoms with Gasteiger partial charge in [0.2, 0.25) is 0 Å². The van der Waals surface area contributed by atoms with E-state index in [4.69, 9.17) is 21.4 Å². The second kappa shape index (κ2) is 5.51. The summed E-state index contributed by atoms with van der Waals surface area (Å²) in [5.41, 5.74) is 0.754. The monoisotopic (exact) mass is 242 g/mol. The van der Waals surface area contributed by atoms with Crippen LogP contribution < -0.4 is 4.74 Å². The minimum Gasteiger partial charge on any atom is -0.482 e. The number of aldehydes is 1. The number of aryl methyl sites for hydroxylation is 1. The first-order chi connectivity index (χ1) is 7.52. The van der Waals surface area contributed by atoms with Crippen molar-refractivity contribution < 1.29 is 19.4 Å². The molecule has 1 aromatic rings. The number of carbonyl (C=O) groups is 2. The first-order valence-corrected chi connectivity index (χ1v) is 5.00. The minimum absolute atomic E-state index is 0.356. The average molecular weight is 243 g/mol. The molecule has 0 fully saturated rings. The molecule has 0 saturated heterocycles. The van der Waals surface area contributed by atoms with Crippen LogP contribution in [0, 0.1) is 6.92 Å². The van der Waals surface area contributed by atoms with Crippen LogP contribution in [0.4, 0.5) is 0 Å². The number of hydrogen-bond acceptors (Lipinski definition) is 3. The third kappa shape index (κ3) is 3.55. The van der Waals surface area contributed by atoms with Crippen LogP contribution in [0.25, 0.3) is 0 Å². The van der Waals surface area contributed by atoms with Crippen molar-refractivity contribution in [2.45, 2.75) is 19.4 Å². The van der Waals surface area contributed by atoms with E-state index in [0.29, 0.717) is 17.1 Å². The number of aliphatic carboxylic acids is 1. The molecule has 1 atom stereocenters. The SMILES string of the molecule is Cc1cc(Cl)ccc1OC(C=O)CC(=O)O. The molecule has 1 N–H and O–H groups in total. The van der Waals surface area contributed by atoms with Gasteiger partial charge in [0.15, 0.2) is 12.4 Å². The highest BCUT2D eigenvalue weighted by atomic mass is 35.5. The van der Waals surface area contributed by atoms with Crippen molar-refractivity contribution in [3.05, 3.63) is 28.8 Å². The van der Waals surface area contributed by atoms with E-state index in [0.717, 1.165) is 5.56 Å². The molecular formula is C11H11ClO4. The van der Waals surface area contributed by atoms with E-state index in [1.165, 1.54) is 0 Å². The topological polar surface area (TPSA) is 63.6 Å². The van der Waals surface area contributed by atoms with Crippen LogP contribution in [-0.2, 0) is 9.59 Å². The minimum atomic E-state index is -1.08. The second-order valence-electron chi connectivity index (χ2n) is 3.30. The molecule has 1 unspecified atom stereocenters. The van der Waals surface area contributed by atoms with Crippen molar-refractivity contribution in [1.29, 1.82) is 0 Å². The zero-order chi connectivity index (χ0) is 12.1. The predicted octanol–water partition coefficient (Wildman–Crippen LogP) is 2.07. The maximum atomic E-state index is 10.6. The molecule has 0 spiro atoms. The van der Waals surface area contributed by atoms with Gasteiger partial charge in [0.1, 0.15) is 5.75 Å². The zero-order valence-electron chi connectivity index (χ0n) is 8.64. The summed E-state index contributed by atoms with van der Waals surface area (Å²) < 4.78 is 5.25. The molecule has 0 bridgehead atoms. The molecule has 0 aliphatic heterocycles. The number of carboxylic acid groups (broad SMARTS) is 1. The Morgan fingerprint density at radius 3 is 2.81 bits per heavy atom. The van der Waals surface area contributed by atoms with Crippen molar-refractivity contribution in [2.75, 3.05) is 0 Å². The lowest BCUT2D eigenvalue weighted by molar-refractivity contribution is -0.140. The highest BCUT2D eigenvalue weighted by Gasteiger charge is 2.14. The number of carbonyl (C=O) groups excluding carboxylic acids is 1. The van der Waals surface area contributed by atoms with Gasteiger partial charge >= 0.3 is 5.97 Å². The largest absolute Gasteiger partial charge is 0.482 e. The quantitative estimate of drug-likeness (QED) is 0.803. The number of benzene rings is 1. The summed E-state index contributed by atoms with van der Waals surface area (Å²) >= 11 is 5.75. The van der Waals surface area contributed by atoms with Crippen LogP contribution in [0.5, 0.6) is 5.75 Å². The molecule has 0 aliphatic carbocycles. The Bertz CT molecular complexity index is 403. The van der Waals surface area contributed by atoms with Crippen LogP contribution in [0.3, 0.4) is 0 Å². The first kappa shape index (κ1) is 12.5. The van der Waals surface area contributed by atoms with Crippen molar-refractivity contribution in [2.24, 2.45) is 0 Å². The van der Waals surface area contributed by atoms with Crippen molar-refractivity contribution in [3.8, 4) is 5.75 Å². The number of ether oxygens (including phenoxy) is 1. The summed E-state index contributed by atoms with van der Waals surface area (Å²) in [4.78, 5) is 21.0. The molecule has 4 nitrogen and oxygen atoms in total. The van der Waals surface area contributed by atoms with E-state index in [1.807, 2.05) is 0 Å². The van der Waals surface area contributed by atoms with Gasteiger partial charge in [0.25, 0.3) is 0 Å². The highest BCUT2D eigenvalue weighted by molar-refractivity contribution is 6.30. The number of hydrogen-bond donors (Lipinski definition) is 1. The lowest BCUT2D eigenvalue weighted by atomic mass is 10.2. The maximum absolute atomic E-state index is 10.6. The standard InChI is InChI=1S/C11H11ClO4/c1-7-4-8(12)2-3-10(7)16-9(6-13)5-11(14)15/h2-4,6,9H,5H2,1H3,(H,14,15). The van der Waals surface area contributed by atoms with Crippen LogP contribution in [-0.4, -0.2) is 23.5 Å². The van der Waals surface area contributed by atoms with E-state index >= 15 is 0 Å². The molecule has 0 radical (unpaired) electrons. The highest BCUT2D eigenvalue weighted by Crippen LogP contribution is 2.22. The number of carboxylic acids is 1. The smallest absolute Gasteiger partial charge is 0.307 e. The molecule has 16 heavy (non-hydrogen) atoms. The first-order valence-electron chi connectivity index (χ1n) is 4.63. The van der Waals surface area contributed by atoms with Crippen LogP contribution in [0.1, 0.15) is 12.0 Å². The van der Waals surface area contributed by atoms with E-state index in [1.54, 1.807) is 25.1 Å². The van der Waals surface area contributed by atoms with Crippen molar-refractivity contribution >= 4 is 23.9 Å². The van der Waals surface area contributed by atoms with Crippen LogP contribution >= 0.6 is 11.6 Å². The Balaban J connectivity index is 2.77. The van der Waals surface area contributed by atoms with Gasteiger partial charge in [-0.2, -0.15) is 0 Å². The summed E-state index contributed by atoms with van der Waals surface area (Å²) in [5, 5.41) is 9.11. The lowest BCUT2D eigenvalue weighted by Crippen LogP contribution is -2.22. The summed E-state index contributed by atoms with van der Waals surface area (Å²) in [6.45, 7) is 1.77. The van der Waals surface area contributed by atoms with E-state index < -0.39 is 12.1 Å². The van der Waals surface area contributed by atoms with Crippen LogP contribution in [0.2, 0.25) is 5.02 Å². The Morgan fingerprint density at radius 2 is 2.31 bits per heavy atom. The Kier molecular flexibility index (Phi) is 4.31. The van der Waals surface area contributed by atoms with Gasteiger partial charge in [-0.1, -0.05) is 11.6 Å². The molecule has 1 aromatic carbocycles. The molecule has 0 aliphatic rings. The normalized spacial score (nSPS) is 11.9. The van der Waals surface area contributed by atoms with E-state index in [-0.39, 0.29) is 6.42 Å². The summed E-state index contributed by atoms with van der Waals surface area (Å²) in [6, 6.07) is 4.90. The zero-order valence-corrected chi connectivity index (χ0v) is 9.40. The summed E-state index contributed by atoms with van der Waals surface area (Å²) in [6.07, 6.45) is -0.856. The van der Waals surface area contributed by atoms with Gasteiger partial charge in [-0.15, -0.1) is 0 Å². The predicted molar refractivity (Wildman–Crippen MR) is 58.9 cm³/mol. The van der Waals surface area contributed by atoms with Gasteiger partial charge in [0, 0.05) is 5.02 Å². The average Bonchev–Trinajstić information content (AvgIpc) is 2.20. The fraction of sp³-hybridized carbons (Fsp3) is 0.273. The molecule has 0 heterocycles. The second-order valence-corrected chi connectivity index (χ2v) is 3.74. The van der Waals surface area contributed by atoms with Gasteiger partial charge in [0.05, 0.1) is 6.42 Å². The van der Waals surface area contributed by atoms with Crippen LogP contribution in [0.15, 0.2) is 18.2 Å². The number of rotatable bonds is 5. The van der Waals surface area contributed by atoms with Gasteiger partial charge in [-0.25, -0.2) is 0 Å². The van der Waals surface area contributed by atoms with Gasteiger partial charge in [-0.05, 0) is 30.7 Å². The molecule has 5 heteroatoms. The van der Waals surface area contributed by atoms with E-state index in [9.17, 15) is 9.59 Å². The fourth-order valence-corrected chi connectivity index (χ4v) is 1.42. The molecule has 86 valence electrons. The Morgan fingerprint density at radius 1 is 1.62 bits per heavy atom. The fourth-order valence-electron chi connectivity index (χ4n) is 1.20. The van der Waals surface area contributed by atoms with E-state index in [2.05, 4.69) is 0 Å². The molecule has 0 amide bonds. The summed E-state index contributed by atoms with van der Waals surface area (Å²) in [5.74, 6) is -0.619. The van der Waals surface area contributed by atoms with Crippen molar-refractivity contribution in [1.82, 2.24) is 0 Å². The molecule has 0 aromatic heterocycles. The third-order valence-corrected chi connectivity index (χ3v) is 2.18. The Hall–Kier alpha value is -1.55. The van der Waals surface area contributed by atoms with Gasteiger partial charge in [-0.3, -0.25) is 9.59 Å². The van der Waals surface area contributed by atoms with Gasteiger partial charge < -0.3 is 9.84 Å². The third-order valence-electron chi connectivity index (χ3n) is 1.94. The molecule has 1 rings (SSSR count). The number of halogens is 1.